The first-order valence-electron chi connectivity index (χ1n) is 5.03. The van der Waals surface area contributed by atoms with Crippen LogP contribution in [0, 0.1) is 5.41 Å². The number of ketones is 1. The minimum atomic E-state index is 0.438. The highest BCUT2D eigenvalue weighted by molar-refractivity contribution is 5.79. The topological polar surface area (TPSA) is 17.1 Å². The van der Waals surface area contributed by atoms with Gasteiger partial charge < -0.3 is 0 Å². The molecule has 0 N–H and O–H groups in total. The monoisotopic (exact) mass is 170 g/mol. The Morgan fingerprint density at radius 2 is 1.50 bits per heavy atom. The van der Waals surface area contributed by atoms with Crippen LogP contribution in [-0.2, 0) is 4.79 Å². The normalized spacial score (nSPS) is 21.2. The quantitative estimate of drug-likeness (QED) is 0.543. The smallest absolute Gasteiger partial charge is 0.132 e. The summed E-state index contributed by atoms with van der Waals surface area (Å²) in [7, 11) is 0. The molecule has 72 valence electrons. The third-order valence-electron chi connectivity index (χ3n) is 2.16. The minimum absolute atomic E-state index is 0.438. The summed E-state index contributed by atoms with van der Waals surface area (Å²) in [4.78, 5) is 10.8. The summed E-state index contributed by atoms with van der Waals surface area (Å²) in [6.07, 6.45) is 5.05. The number of hydrogen-bond donors (Lipinski definition) is 0. The fourth-order valence-corrected chi connectivity index (χ4v) is 1.21. The zero-order chi connectivity index (χ0) is 9.61. The van der Waals surface area contributed by atoms with Crippen molar-refractivity contribution in [2.24, 2.45) is 5.41 Å². The molecule has 1 aliphatic rings. The summed E-state index contributed by atoms with van der Waals surface area (Å²) in [5.74, 6) is 0.453. The molecule has 0 aromatic rings. The maximum atomic E-state index is 10.8. The van der Waals surface area contributed by atoms with E-state index in [0.29, 0.717) is 11.2 Å². The molecule has 0 aromatic carbocycles. The van der Waals surface area contributed by atoms with Crippen LogP contribution in [0.3, 0.4) is 0 Å². The lowest BCUT2D eigenvalue weighted by Gasteiger charge is -2.27. The van der Waals surface area contributed by atoms with Gasteiger partial charge >= 0.3 is 0 Å². The van der Waals surface area contributed by atoms with E-state index in [1.807, 2.05) is 0 Å². The van der Waals surface area contributed by atoms with E-state index < -0.39 is 0 Å². The Kier molecular flexibility index (Phi) is 5.19. The molecule has 1 aliphatic carbocycles. The lowest BCUT2D eigenvalue weighted by atomic mass is 9.77. The highest BCUT2D eigenvalue weighted by Gasteiger charge is 2.24. The summed E-state index contributed by atoms with van der Waals surface area (Å²) < 4.78 is 0. The second-order valence-electron chi connectivity index (χ2n) is 4.41. The second-order valence-corrected chi connectivity index (χ2v) is 4.41. The van der Waals surface area contributed by atoms with Crippen molar-refractivity contribution in [2.45, 2.75) is 59.8 Å². The van der Waals surface area contributed by atoms with Crippen LogP contribution in [0.5, 0.6) is 0 Å². The maximum absolute atomic E-state index is 10.8. The molecule has 0 bridgehead atoms. The number of carbonyl (C=O) groups excluding carboxylic acids is 1. The van der Waals surface area contributed by atoms with Crippen molar-refractivity contribution in [3.8, 4) is 0 Å². The first-order chi connectivity index (χ1) is 5.52. The third kappa shape index (κ3) is 5.34. The van der Waals surface area contributed by atoms with Crippen LogP contribution in [0.15, 0.2) is 0 Å². The molecule has 0 aliphatic heterocycles. The third-order valence-corrected chi connectivity index (χ3v) is 2.16. The summed E-state index contributed by atoms with van der Waals surface area (Å²) in [6, 6.07) is 0. The summed E-state index contributed by atoms with van der Waals surface area (Å²) in [5, 5.41) is 0. The molecule has 0 heterocycles. The van der Waals surface area contributed by atoms with Crippen LogP contribution >= 0.6 is 0 Å². The van der Waals surface area contributed by atoms with Gasteiger partial charge in [-0.1, -0.05) is 34.1 Å². The van der Waals surface area contributed by atoms with Gasteiger partial charge in [0.05, 0.1) is 0 Å². The lowest BCUT2D eigenvalue weighted by molar-refractivity contribution is -0.121. The average molecular weight is 170 g/mol. The van der Waals surface area contributed by atoms with E-state index >= 15 is 0 Å². The van der Waals surface area contributed by atoms with Crippen LogP contribution in [0.4, 0.5) is 0 Å². The molecular weight excluding hydrogens is 148 g/mol. The van der Waals surface area contributed by atoms with Crippen LogP contribution in [-0.4, -0.2) is 5.78 Å². The molecule has 0 spiro atoms. The van der Waals surface area contributed by atoms with Crippen LogP contribution in [0.25, 0.3) is 0 Å². The number of hydrogen-bond acceptors (Lipinski definition) is 1. The SMILES string of the molecule is CC1(C)CCC(=O)CC1.CCC. The van der Waals surface area contributed by atoms with Crippen molar-refractivity contribution in [1.82, 2.24) is 0 Å². The summed E-state index contributed by atoms with van der Waals surface area (Å²) >= 11 is 0. The van der Waals surface area contributed by atoms with Gasteiger partial charge in [-0.3, -0.25) is 4.79 Å². The zero-order valence-electron chi connectivity index (χ0n) is 8.94. The first kappa shape index (κ1) is 11.7. The van der Waals surface area contributed by atoms with Crippen molar-refractivity contribution in [3.63, 3.8) is 0 Å². The Bertz CT molecular complexity index is 124. The van der Waals surface area contributed by atoms with E-state index in [0.717, 1.165) is 25.7 Å². The van der Waals surface area contributed by atoms with Crippen LogP contribution in [0.2, 0.25) is 0 Å². The van der Waals surface area contributed by atoms with Crippen molar-refractivity contribution in [1.29, 1.82) is 0 Å². The molecule has 0 radical (unpaired) electrons. The Morgan fingerprint density at radius 3 is 1.75 bits per heavy atom. The molecule has 1 fully saturated rings. The van der Waals surface area contributed by atoms with E-state index in [2.05, 4.69) is 27.7 Å². The number of rotatable bonds is 0. The summed E-state index contributed by atoms with van der Waals surface area (Å²) in [5.41, 5.74) is 0.438. The highest BCUT2D eigenvalue weighted by atomic mass is 16.1. The van der Waals surface area contributed by atoms with Crippen molar-refractivity contribution in [3.05, 3.63) is 0 Å². The summed E-state index contributed by atoms with van der Waals surface area (Å²) in [6.45, 7) is 8.72. The Hall–Kier alpha value is -0.330. The Morgan fingerprint density at radius 1 is 1.17 bits per heavy atom. The van der Waals surface area contributed by atoms with Gasteiger partial charge in [0.25, 0.3) is 0 Å². The van der Waals surface area contributed by atoms with Crippen LogP contribution in [0.1, 0.15) is 59.8 Å². The van der Waals surface area contributed by atoms with Gasteiger partial charge in [-0.05, 0) is 18.3 Å². The first-order valence-corrected chi connectivity index (χ1v) is 5.03. The fourth-order valence-electron chi connectivity index (χ4n) is 1.21. The van der Waals surface area contributed by atoms with Gasteiger partial charge in [-0.2, -0.15) is 0 Å². The van der Waals surface area contributed by atoms with Crippen molar-refractivity contribution >= 4 is 5.78 Å². The van der Waals surface area contributed by atoms with Crippen molar-refractivity contribution in [2.75, 3.05) is 0 Å². The Balaban J connectivity index is 0.000000354. The zero-order valence-corrected chi connectivity index (χ0v) is 8.94. The molecular formula is C11H22O. The predicted octanol–water partition coefficient (Wildman–Crippen LogP) is 3.57. The predicted molar refractivity (Wildman–Crippen MR) is 53.2 cm³/mol. The maximum Gasteiger partial charge on any atom is 0.132 e. The lowest BCUT2D eigenvalue weighted by Crippen LogP contribution is -2.20. The van der Waals surface area contributed by atoms with E-state index in [4.69, 9.17) is 0 Å². The van der Waals surface area contributed by atoms with E-state index in [1.54, 1.807) is 0 Å². The van der Waals surface area contributed by atoms with E-state index in [-0.39, 0.29) is 0 Å². The minimum Gasteiger partial charge on any atom is -0.300 e. The van der Waals surface area contributed by atoms with Gasteiger partial charge in [0, 0.05) is 12.8 Å². The molecule has 0 atom stereocenters. The van der Waals surface area contributed by atoms with Gasteiger partial charge in [-0.25, -0.2) is 0 Å². The molecule has 12 heavy (non-hydrogen) atoms. The molecule has 0 saturated heterocycles. The van der Waals surface area contributed by atoms with E-state index in [9.17, 15) is 4.79 Å². The molecule has 1 saturated carbocycles. The largest absolute Gasteiger partial charge is 0.300 e. The highest BCUT2D eigenvalue weighted by Crippen LogP contribution is 2.32. The standard InChI is InChI=1S/C8H14O.C3H8/c1-8(2)5-3-7(9)4-6-8;1-3-2/h3-6H2,1-2H3;3H2,1-2H3. The molecule has 1 heteroatoms. The van der Waals surface area contributed by atoms with Crippen LogP contribution < -0.4 is 0 Å². The molecule has 1 nitrogen and oxygen atoms in total. The van der Waals surface area contributed by atoms with Crippen molar-refractivity contribution < 1.29 is 4.79 Å². The molecule has 0 unspecified atom stereocenters. The second kappa shape index (κ2) is 5.34. The molecule has 0 amide bonds. The molecule has 1 rings (SSSR count). The van der Waals surface area contributed by atoms with Gasteiger partial charge in [0.2, 0.25) is 0 Å². The fraction of sp³-hybridized carbons (Fsp3) is 0.909. The average Bonchev–Trinajstić information content (AvgIpc) is 1.98. The van der Waals surface area contributed by atoms with Gasteiger partial charge in [-0.15, -0.1) is 0 Å². The number of carbonyl (C=O) groups is 1. The Labute approximate surface area is 76.6 Å². The molecule has 0 aromatic heterocycles. The number of Topliss-reactive ketones (excluding diaryl/α,β-unsaturated/α-hetero) is 1. The van der Waals surface area contributed by atoms with E-state index in [1.165, 1.54) is 6.42 Å². The van der Waals surface area contributed by atoms with Gasteiger partial charge in [0.1, 0.15) is 5.78 Å². The van der Waals surface area contributed by atoms with Gasteiger partial charge in [0.15, 0.2) is 0 Å².